The van der Waals surface area contributed by atoms with Crippen molar-refractivity contribution in [2.75, 3.05) is 18.2 Å². The molecule has 2 unspecified atom stereocenters. The van der Waals surface area contributed by atoms with Gasteiger partial charge in [-0.05, 0) is 6.42 Å². The number of carboxylic acids is 1. The monoisotopic (exact) mass is 232 g/mol. The molecule has 1 fully saturated rings. The molecule has 1 amide bonds. The van der Waals surface area contributed by atoms with Crippen molar-refractivity contribution < 1.29 is 14.7 Å². The summed E-state index contributed by atoms with van der Waals surface area (Å²) < 4.78 is 0. The van der Waals surface area contributed by atoms with Crippen LogP contribution in [0.15, 0.2) is 0 Å². The fraction of sp³-hybridized carbons (Fsp3) is 0.778. The van der Waals surface area contributed by atoms with Gasteiger partial charge in [0, 0.05) is 18.2 Å². The molecule has 0 aromatic carbocycles. The molecule has 6 heteroatoms. The molecule has 0 aromatic rings. The second-order valence-electron chi connectivity index (χ2n) is 3.59. The van der Waals surface area contributed by atoms with Gasteiger partial charge in [-0.2, -0.15) is 0 Å². The summed E-state index contributed by atoms with van der Waals surface area (Å²) in [7, 11) is 0. The molecule has 0 spiro atoms. The van der Waals surface area contributed by atoms with Gasteiger partial charge in [-0.25, -0.2) is 0 Å². The SMILES string of the molecule is CC(CCNC(=O)C1CSCN1)C(=O)O. The number of carboxylic acid groups (broad SMARTS) is 1. The predicted octanol–water partition coefficient (Wildman–Crippen LogP) is -0.124. The van der Waals surface area contributed by atoms with E-state index in [-0.39, 0.29) is 11.9 Å². The maximum atomic E-state index is 11.5. The third-order valence-electron chi connectivity index (χ3n) is 2.33. The average Bonchev–Trinajstić information content (AvgIpc) is 2.70. The lowest BCUT2D eigenvalue weighted by Gasteiger charge is -2.11. The summed E-state index contributed by atoms with van der Waals surface area (Å²) in [5.41, 5.74) is 0. The Hall–Kier alpha value is -0.750. The van der Waals surface area contributed by atoms with Crippen LogP contribution in [0.4, 0.5) is 0 Å². The number of amides is 1. The van der Waals surface area contributed by atoms with Crippen molar-refractivity contribution in [3.05, 3.63) is 0 Å². The average molecular weight is 232 g/mol. The maximum absolute atomic E-state index is 11.5. The van der Waals surface area contributed by atoms with Gasteiger partial charge in [0.25, 0.3) is 0 Å². The number of carbonyl (C=O) groups is 2. The number of rotatable bonds is 5. The van der Waals surface area contributed by atoms with E-state index in [1.165, 1.54) is 0 Å². The van der Waals surface area contributed by atoms with Gasteiger partial charge in [0.15, 0.2) is 0 Å². The van der Waals surface area contributed by atoms with E-state index in [4.69, 9.17) is 5.11 Å². The molecule has 0 aromatic heterocycles. The van der Waals surface area contributed by atoms with Crippen molar-refractivity contribution >= 4 is 23.6 Å². The number of hydrogen-bond acceptors (Lipinski definition) is 4. The van der Waals surface area contributed by atoms with Crippen LogP contribution in [0.3, 0.4) is 0 Å². The molecule has 1 aliphatic heterocycles. The van der Waals surface area contributed by atoms with E-state index in [1.807, 2.05) is 0 Å². The van der Waals surface area contributed by atoms with Crippen molar-refractivity contribution in [2.45, 2.75) is 19.4 Å². The molecule has 0 aliphatic carbocycles. The van der Waals surface area contributed by atoms with E-state index in [0.717, 1.165) is 11.6 Å². The van der Waals surface area contributed by atoms with Crippen LogP contribution in [0.25, 0.3) is 0 Å². The van der Waals surface area contributed by atoms with Gasteiger partial charge in [0.1, 0.15) is 0 Å². The minimum atomic E-state index is -0.821. The summed E-state index contributed by atoms with van der Waals surface area (Å²) in [4.78, 5) is 22.0. The zero-order chi connectivity index (χ0) is 11.3. The number of carbonyl (C=O) groups excluding carboxylic acids is 1. The van der Waals surface area contributed by atoms with Gasteiger partial charge < -0.3 is 10.4 Å². The molecule has 3 N–H and O–H groups in total. The summed E-state index contributed by atoms with van der Waals surface area (Å²) in [6.07, 6.45) is 0.473. The molecular formula is C9H16N2O3S. The third-order valence-corrected chi connectivity index (χ3v) is 3.27. The number of nitrogens with one attached hydrogen (secondary N) is 2. The smallest absolute Gasteiger partial charge is 0.306 e. The summed E-state index contributed by atoms with van der Waals surface area (Å²) in [6.45, 7) is 2.06. The molecular weight excluding hydrogens is 216 g/mol. The van der Waals surface area contributed by atoms with E-state index < -0.39 is 11.9 Å². The number of hydrogen-bond donors (Lipinski definition) is 3. The highest BCUT2D eigenvalue weighted by Crippen LogP contribution is 2.09. The molecule has 1 rings (SSSR count). The van der Waals surface area contributed by atoms with Gasteiger partial charge in [-0.15, -0.1) is 11.8 Å². The first kappa shape index (κ1) is 12.3. The molecule has 1 saturated heterocycles. The van der Waals surface area contributed by atoms with Gasteiger partial charge in [-0.3, -0.25) is 14.9 Å². The van der Waals surface area contributed by atoms with Crippen molar-refractivity contribution in [1.29, 1.82) is 0 Å². The molecule has 5 nitrogen and oxygen atoms in total. The number of thioether (sulfide) groups is 1. The van der Waals surface area contributed by atoms with Crippen molar-refractivity contribution in [3.63, 3.8) is 0 Å². The Bertz CT molecular complexity index is 242. The normalized spacial score (nSPS) is 22.3. The Kier molecular flexibility index (Phi) is 4.90. The van der Waals surface area contributed by atoms with Crippen molar-refractivity contribution in [1.82, 2.24) is 10.6 Å². The Morgan fingerprint density at radius 2 is 2.40 bits per heavy atom. The minimum Gasteiger partial charge on any atom is -0.481 e. The quantitative estimate of drug-likeness (QED) is 0.616. The molecule has 1 heterocycles. The van der Waals surface area contributed by atoms with Crippen LogP contribution in [0.2, 0.25) is 0 Å². The van der Waals surface area contributed by atoms with E-state index in [2.05, 4.69) is 10.6 Å². The Morgan fingerprint density at radius 1 is 1.67 bits per heavy atom. The highest BCUT2D eigenvalue weighted by atomic mass is 32.2. The van der Waals surface area contributed by atoms with Crippen LogP contribution >= 0.6 is 11.8 Å². The standard InChI is InChI=1S/C9H16N2O3S/c1-6(9(13)14)2-3-10-8(12)7-4-15-5-11-7/h6-7,11H,2-5H2,1H3,(H,10,12)(H,13,14). The molecule has 15 heavy (non-hydrogen) atoms. The topological polar surface area (TPSA) is 78.4 Å². The van der Waals surface area contributed by atoms with E-state index >= 15 is 0 Å². The summed E-state index contributed by atoms with van der Waals surface area (Å²) >= 11 is 1.69. The highest BCUT2D eigenvalue weighted by molar-refractivity contribution is 7.99. The second-order valence-corrected chi connectivity index (χ2v) is 4.62. The molecule has 1 aliphatic rings. The molecule has 86 valence electrons. The lowest BCUT2D eigenvalue weighted by molar-refractivity contribution is -0.141. The van der Waals surface area contributed by atoms with Gasteiger partial charge >= 0.3 is 5.97 Å². The van der Waals surface area contributed by atoms with Crippen molar-refractivity contribution in [2.24, 2.45) is 5.92 Å². The number of aliphatic carboxylic acids is 1. The first-order valence-electron chi connectivity index (χ1n) is 4.93. The Balaban J connectivity index is 2.14. The molecule has 0 saturated carbocycles. The van der Waals surface area contributed by atoms with Crippen LogP contribution in [0, 0.1) is 5.92 Å². The third kappa shape index (κ3) is 4.09. The van der Waals surface area contributed by atoms with Crippen LogP contribution in [0.1, 0.15) is 13.3 Å². The van der Waals surface area contributed by atoms with Crippen molar-refractivity contribution in [3.8, 4) is 0 Å². The van der Waals surface area contributed by atoms with E-state index in [1.54, 1.807) is 18.7 Å². The maximum Gasteiger partial charge on any atom is 0.306 e. The highest BCUT2D eigenvalue weighted by Gasteiger charge is 2.22. The van der Waals surface area contributed by atoms with Crippen LogP contribution in [-0.4, -0.2) is 41.2 Å². The fourth-order valence-electron chi connectivity index (χ4n) is 1.22. The Morgan fingerprint density at radius 3 is 2.93 bits per heavy atom. The van der Waals surface area contributed by atoms with Crippen LogP contribution < -0.4 is 10.6 Å². The second kappa shape index (κ2) is 5.97. The fourth-order valence-corrected chi connectivity index (χ4v) is 2.16. The summed E-state index contributed by atoms with van der Waals surface area (Å²) in [5, 5.41) is 14.4. The summed E-state index contributed by atoms with van der Waals surface area (Å²) in [6, 6.07) is -0.116. The lowest BCUT2D eigenvalue weighted by atomic mass is 10.1. The lowest BCUT2D eigenvalue weighted by Crippen LogP contribution is -2.42. The predicted molar refractivity (Wildman–Crippen MR) is 58.7 cm³/mol. The largest absolute Gasteiger partial charge is 0.481 e. The van der Waals surface area contributed by atoms with Crippen LogP contribution in [0.5, 0.6) is 0 Å². The van der Waals surface area contributed by atoms with Gasteiger partial charge in [0.2, 0.25) is 5.91 Å². The molecule has 0 bridgehead atoms. The first-order chi connectivity index (χ1) is 7.11. The molecule has 0 radical (unpaired) electrons. The van der Waals surface area contributed by atoms with E-state index in [9.17, 15) is 9.59 Å². The zero-order valence-corrected chi connectivity index (χ0v) is 9.47. The van der Waals surface area contributed by atoms with E-state index in [0.29, 0.717) is 13.0 Å². The minimum absolute atomic E-state index is 0.0300. The van der Waals surface area contributed by atoms with Crippen LogP contribution in [-0.2, 0) is 9.59 Å². The zero-order valence-electron chi connectivity index (χ0n) is 8.66. The van der Waals surface area contributed by atoms with Gasteiger partial charge in [-0.1, -0.05) is 6.92 Å². The Labute approximate surface area is 93.0 Å². The molecule has 2 atom stereocenters. The summed E-state index contributed by atoms with van der Waals surface area (Å²) in [5.74, 6) is 0.344. The first-order valence-corrected chi connectivity index (χ1v) is 6.08. The van der Waals surface area contributed by atoms with Gasteiger partial charge in [0.05, 0.1) is 12.0 Å².